The molecule has 1 aromatic carbocycles. The Hall–Kier alpha value is -3.46. The molecule has 1 fully saturated rings. The summed E-state index contributed by atoms with van der Waals surface area (Å²) in [5, 5.41) is 0. The van der Waals surface area contributed by atoms with Crippen LogP contribution in [0.2, 0.25) is 0 Å². The van der Waals surface area contributed by atoms with Gasteiger partial charge in [-0.15, -0.1) is 0 Å². The van der Waals surface area contributed by atoms with Crippen molar-refractivity contribution in [1.82, 2.24) is 9.47 Å². The second-order valence-corrected chi connectivity index (χ2v) is 7.39. The number of amides is 4. The van der Waals surface area contributed by atoms with E-state index in [9.17, 15) is 19.2 Å². The Kier molecular flexibility index (Phi) is 6.26. The summed E-state index contributed by atoms with van der Waals surface area (Å²) in [5.41, 5.74) is 2.20. The molecule has 0 spiro atoms. The zero-order chi connectivity index (χ0) is 22.9. The third-order valence-corrected chi connectivity index (χ3v) is 5.32. The number of Topliss-reactive ketones (excluding diaryl/α,β-unsaturated/α-hetero) is 1. The van der Waals surface area contributed by atoms with Crippen LogP contribution in [0, 0.1) is 13.8 Å². The van der Waals surface area contributed by atoms with E-state index in [1.54, 1.807) is 32.2 Å². The van der Waals surface area contributed by atoms with Gasteiger partial charge in [-0.25, -0.2) is 14.6 Å². The van der Waals surface area contributed by atoms with Crippen molar-refractivity contribution in [3.05, 3.63) is 47.3 Å². The summed E-state index contributed by atoms with van der Waals surface area (Å²) in [6.45, 7) is 5.60. The highest BCUT2D eigenvalue weighted by atomic mass is 16.5. The zero-order valence-electron chi connectivity index (χ0n) is 18.2. The number of benzene rings is 1. The van der Waals surface area contributed by atoms with Crippen molar-refractivity contribution in [3.63, 3.8) is 0 Å². The number of carbonyl (C=O) groups is 4. The molecule has 1 atom stereocenters. The lowest BCUT2D eigenvalue weighted by Gasteiger charge is -2.18. The highest BCUT2D eigenvalue weighted by Crippen LogP contribution is 2.26. The molecule has 0 radical (unpaired) electrons. The van der Waals surface area contributed by atoms with E-state index in [0.717, 1.165) is 10.6 Å². The van der Waals surface area contributed by atoms with Crippen molar-refractivity contribution >= 4 is 29.3 Å². The van der Waals surface area contributed by atoms with Crippen LogP contribution in [0.25, 0.3) is 0 Å². The minimum atomic E-state index is -1.03. The molecule has 3 rings (SSSR count). The first kappa shape index (κ1) is 22.2. The highest BCUT2D eigenvalue weighted by Gasteiger charge is 2.46. The van der Waals surface area contributed by atoms with E-state index in [1.807, 2.05) is 18.4 Å². The summed E-state index contributed by atoms with van der Waals surface area (Å²) >= 11 is 0. The first-order chi connectivity index (χ1) is 14.7. The predicted molar refractivity (Wildman–Crippen MR) is 112 cm³/mol. The van der Waals surface area contributed by atoms with Gasteiger partial charge in [-0.3, -0.25) is 14.4 Å². The van der Waals surface area contributed by atoms with Crippen LogP contribution in [0.4, 0.5) is 10.5 Å². The molecule has 164 valence electrons. The monoisotopic (exact) mass is 427 g/mol. The molecule has 9 nitrogen and oxygen atoms in total. The summed E-state index contributed by atoms with van der Waals surface area (Å²) in [6, 6.07) is 7.02. The van der Waals surface area contributed by atoms with Gasteiger partial charge < -0.3 is 14.0 Å². The molecule has 1 aliphatic rings. The van der Waals surface area contributed by atoms with E-state index in [1.165, 1.54) is 19.2 Å². The Morgan fingerprint density at radius 1 is 1.03 bits per heavy atom. The Bertz CT molecular complexity index is 1040. The van der Waals surface area contributed by atoms with Crippen LogP contribution in [0.5, 0.6) is 5.75 Å². The maximum atomic E-state index is 13.0. The fourth-order valence-corrected chi connectivity index (χ4v) is 3.89. The topological polar surface area (TPSA) is 98.2 Å². The van der Waals surface area contributed by atoms with Crippen LogP contribution >= 0.6 is 0 Å². The fraction of sp³-hybridized carbons (Fsp3) is 0.364. The largest absolute Gasteiger partial charge is 0.497 e. The molecule has 0 bridgehead atoms. The lowest BCUT2D eigenvalue weighted by molar-refractivity contribution is -0.139. The van der Waals surface area contributed by atoms with Crippen LogP contribution in [0.1, 0.15) is 34.7 Å². The average Bonchev–Trinajstić information content (AvgIpc) is 3.15. The summed E-state index contributed by atoms with van der Waals surface area (Å²) in [4.78, 5) is 52.1. The molecule has 2 heterocycles. The third kappa shape index (κ3) is 3.96. The number of carbonyl (C=O) groups excluding carboxylic acids is 4. The Balaban J connectivity index is 1.83. The van der Waals surface area contributed by atoms with Crippen LogP contribution in [0.3, 0.4) is 0 Å². The normalized spacial score (nSPS) is 15.1. The number of ether oxygens (including phenoxy) is 2. The van der Waals surface area contributed by atoms with Crippen LogP contribution in [0.15, 0.2) is 30.3 Å². The molecule has 1 aliphatic heterocycles. The van der Waals surface area contributed by atoms with Gasteiger partial charge in [-0.05, 0) is 51.1 Å². The number of aryl methyl sites for hydroxylation is 1. The molecule has 9 heteroatoms. The molecule has 1 unspecified atom stereocenters. The maximum Gasteiger partial charge on any atom is 0.339 e. The number of nitrogens with zero attached hydrogens (tertiary/aromatic N) is 3. The summed E-state index contributed by atoms with van der Waals surface area (Å²) in [6.07, 6.45) is 0. The van der Waals surface area contributed by atoms with E-state index < -0.39 is 30.2 Å². The number of anilines is 1. The van der Waals surface area contributed by atoms with Crippen molar-refractivity contribution in [2.75, 3.05) is 32.3 Å². The lowest BCUT2D eigenvalue weighted by Crippen LogP contribution is -2.37. The first-order valence-corrected chi connectivity index (χ1v) is 9.75. The van der Waals surface area contributed by atoms with E-state index in [2.05, 4.69) is 0 Å². The fourth-order valence-electron chi connectivity index (χ4n) is 3.89. The molecule has 1 saturated heterocycles. The SMILES string of the molecule is COCC(C)n1c(C)cc(C(=O)CN2C(=O)C(=O)N(c3ccc(OC)cc3)C2=O)c1C. The molecule has 31 heavy (non-hydrogen) atoms. The van der Waals surface area contributed by atoms with Crippen LogP contribution < -0.4 is 9.64 Å². The molecule has 0 N–H and O–H groups in total. The average molecular weight is 427 g/mol. The smallest absolute Gasteiger partial charge is 0.339 e. The van der Waals surface area contributed by atoms with E-state index >= 15 is 0 Å². The molecule has 4 amide bonds. The Morgan fingerprint density at radius 2 is 1.68 bits per heavy atom. The minimum Gasteiger partial charge on any atom is -0.497 e. The number of urea groups is 1. The maximum absolute atomic E-state index is 13.0. The van der Waals surface area contributed by atoms with Gasteiger partial charge >= 0.3 is 17.8 Å². The summed E-state index contributed by atoms with van der Waals surface area (Å²) < 4.78 is 12.2. The van der Waals surface area contributed by atoms with E-state index in [-0.39, 0.29) is 11.7 Å². The third-order valence-electron chi connectivity index (χ3n) is 5.32. The quantitative estimate of drug-likeness (QED) is 0.365. The molecule has 0 aliphatic carbocycles. The lowest BCUT2D eigenvalue weighted by atomic mass is 10.1. The Morgan fingerprint density at radius 3 is 2.26 bits per heavy atom. The van der Waals surface area contributed by atoms with Crippen LogP contribution in [-0.2, 0) is 14.3 Å². The predicted octanol–water partition coefficient (Wildman–Crippen LogP) is 2.50. The van der Waals surface area contributed by atoms with Gasteiger partial charge in [-0.2, -0.15) is 0 Å². The molecule has 2 aromatic rings. The Labute approximate surface area is 180 Å². The summed E-state index contributed by atoms with van der Waals surface area (Å²) in [7, 11) is 3.10. The van der Waals surface area contributed by atoms with Crippen LogP contribution in [-0.4, -0.2) is 60.5 Å². The standard InChI is InChI=1S/C22H25N3O6/c1-13-10-18(15(3)24(13)14(2)12-30-4)19(26)11-23-20(27)21(28)25(22(23)29)16-6-8-17(31-5)9-7-16/h6-10,14H,11-12H2,1-5H3. The van der Waals surface area contributed by atoms with Crippen molar-refractivity contribution in [2.24, 2.45) is 0 Å². The van der Waals surface area contributed by atoms with E-state index in [4.69, 9.17) is 9.47 Å². The second-order valence-electron chi connectivity index (χ2n) is 7.39. The number of hydrogen-bond acceptors (Lipinski definition) is 6. The number of methoxy groups -OCH3 is 2. The van der Waals surface area contributed by atoms with Gasteiger partial charge in [0.15, 0.2) is 5.78 Å². The van der Waals surface area contributed by atoms with Gasteiger partial charge in [0.25, 0.3) is 0 Å². The number of hydrogen-bond donors (Lipinski definition) is 0. The number of aromatic nitrogens is 1. The minimum absolute atomic E-state index is 0.00809. The second kappa shape index (κ2) is 8.73. The molecular formula is C22H25N3O6. The zero-order valence-corrected chi connectivity index (χ0v) is 18.2. The van der Waals surface area contributed by atoms with Gasteiger partial charge in [0.1, 0.15) is 5.75 Å². The van der Waals surface area contributed by atoms with Gasteiger partial charge in [-0.1, -0.05) is 0 Å². The van der Waals surface area contributed by atoms with E-state index in [0.29, 0.717) is 28.5 Å². The molecule has 0 saturated carbocycles. The number of rotatable bonds is 8. The first-order valence-electron chi connectivity index (χ1n) is 9.75. The molecule has 1 aromatic heterocycles. The van der Waals surface area contributed by atoms with Gasteiger partial charge in [0.2, 0.25) is 0 Å². The van der Waals surface area contributed by atoms with Crippen molar-refractivity contribution in [3.8, 4) is 5.75 Å². The highest BCUT2D eigenvalue weighted by molar-refractivity contribution is 6.53. The van der Waals surface area contributed by atoms with Crippen molar-refractivity contribution in [1.29, 1.82) is 0 Å². The van der Waals surface area contributed by atoms with Gasteiger partial charge in [0.05, 0.1) is 32.0 Å². The number of imide groups is 2. The summed E-state index contributed by atoms with van der Waals surface area (Å²) in [5.74, 6) is -1.91. The van der Waals surface area contributed by atoms with Crippen molar-refractivity contribution in [2.45, 2.75) is 26.8 Å². The molecular weight excluding hydrogens is 402 g/mol. The van der Waals surface area contributed by atoms with Gasteiger partial charge in [0, 0.05) is 24.1 Å². The number of ketones is 1. The van der Waals surface area contributed by atoms with Crippen molar-refractivity contribution < 1.29 is 28.7 Å².